The van der Waals surface area contributed by atoms with E-state index in [9.17, 15) is 14.7 Å². The van der Waals surface area contributed by atoms with Gasteiger partial charge in [0, 0.05) is 6.42 Å². The molecule has 48 heavy (non-hydrogen) atoms. The number of allylic oxidation sites excluding steroid dienone is 6. The van der Waals surface area contributed by atoms with Gasteiger partial charge < -0.3 is 9.84 Å². The predicted molar refractivity (Wildman–Crippen MR) is 209 cm³/mol. The largest absolute Gasteiger partial charge is 0.481 e. The SMILES string of the molecule is CC/C=C\C/C=C\C/C=C\CCCCCCCCCC(=O)OC(CCCCCCCCCCCCCCCCCCCCC)CC(=O)O. The Labute approximate surface area is 299 Å². The third-order valence-electron chi connectivity index (χ3n) is 9.36. The van der Waals surface area contributed by atoms with E-state index in [1.165, 1.54) is 135 Å². The fourth-order valence-corrected chi connectivity index (χ4v) is 6.33. The minimum atomic E-state index is -0.881. The van der Waals surface area contributed by atoms with Gasteiger partial charge in [-0.25, -0.2) is 0 Å². The van der Waals surface area contributed by atoms with Crippen molar-refractivity contribution in [2.24, 2.45) is 0 Å². The molecule has 0 fully saturated rings. The molecule has 1 unspecified atom stereocenters. The van der Waals surface area contributed by atoms with Crippen LogP contribution < -0.4 is 0 Å². The molecule has 0 amide bonds. The van der Waals surface area contributed by atoms with Gasteiger partial charge in [-0.2, -0.15) is 0 Å². The predicted octanol–water partition coefficient (Wildman–Crippen LogP) is 14.6. The van der Waals surface area contributed by atoms with Gasteiger partial charge in [0.25, 0.3) is 0 Å². The molecule has 0 radical (unpaired) electrons. The normalized spacial score (nSPS) is 12.5. The van der Waals surface area contributed by atoms with Crippen LogP contribution in [-0.2, 0) is 14.3 Å². The van der Waals surface area contributed by atoms with Crippen LogP contribution in [0.1, 0.15) is 226 Å². The second-order valence-corrected chi connectivity index (χ2v) is 14.2. The van der Waals surface area contributed by atoms with Crippen LogP contribution in [-0.4, -0.2) is 23.1 Å². The van der Waals surface area contributed by atoms with Gasteiger partial charge in [-0.3, -0.25) is 9.59 Å². The molecule has 0 saturated carbocycles. The van der Waals surface area contributed by atoms with E-state index < -0.39 is 12.1 Å². The van der Waals surface area contributed by atoms with E-state index in [-0.39, 0.29) is 12.4 Å². The van der Waals surface area contributed by atoms with Crippen LogP contribution in [0, 0.1) is 0 Å². The molecular formula is C44H80O4. The summed E-state index contributed by atoms with van der Waals surface area (Å²) in [7, 11) is 0. The van der Waals surface area contributed by atoms with E-state index >= 15 is 0 Å². The van der Waals surface area contributed by atoms with E-state index in [0.717, 1.165) is 57.8 Å². The Bertz CT molecular complexity index is 768. The second-order valence-electron chi connectivity index (χ2n) is 14.2. The van der Waals surface area contributed by atoms with E-state index in [0.29, 0.717) is 12.8 Å². The molecule has 0 aromatic heterocycles. The average molecular weight is 673 g/mol. The molecule has 0 aromatic carbocycles. The van der Waals surface area contributed by atoms with Gasteiger partial charge in [-0.15, -0.1) is 0 Å². The van der Waals surface area contributed by atoms with Gasteiger partial charge in [0.2, 0.25) is 0 Å². The van der Waals surface area contributed by atoms with Crippen molar-refractivity contribution in [2.45, 2.75) is 232 Å². The third-order valence-corrected chi connectivity index (χ3v) is 9.36. The summed E-state index contributed by atoms with van der Waals surface area (Å²) < 4.78 is 5.59. The molecule has 0 bridgehead atoms. The highest BCUT2D eigenvalue weighted by atomic mass is 16.5. The van der Waals surface area contributed by atoms with Crippen LogP contribution in [0.15, 0.2) is 36.5 Å². The van der Waals surface area contributed by atoms with Crippen molar-refractivity contribution in [3.8, 4) is 0 Å². The van der Waals surface area contributed by atoms with Crippen molar-refractivity contribution in [2.75, 3.05) is 0 Å². The molecule has 280 valence electrons. The molecule has 0 spiro atoms. The highest BCUT2D eigenvalue weighted by molar-refractivity contribution is 5.71. The Kier molecular flexibility index (Phi) is 38.1. The third kappa shape index (κ3) is 38.6. The first-order valence-electron chi connectivity index (χ1n) is 21.0. The van der Waals surface area contributed by atoms with Gasteiger partial charge in [0.15, 0.2) is 0 Å². The number of esters is 1. The summed E-state index contributed by atoms with van der Waals surface area (Å²) in [5, 5.41) is 9.29. The first kappa shape index (κ1) is 46.2. The second kappa shape index (κ2) is 39.6. The van der Waals surface area contributed by atoms with Crippen molar-refractivity contribution in [1.29, 1.82) is 0 Å². The van der Waals surface area contributed by atoms with Crippen LogP contribution in [0.2, 0.25) is 0 Å². The lowest BCUT2D eigenvalue weighted by Crippen LogP contribution is -2.21. The standard InChI is InChI=1S/C44H80O4/c1-3-5-7-9-11-13-15-17-19-21-22-24-25-27-29-31-33-35-37-39-42(41-43(45)46)48-44(47)40-38-36-34-32-30-28-26-23-20-18-16-14-12-10-8-6-4-2/h6,8,12,14,18,20,42H,3-5,7,9-11,13,15-17,19,21-41H2,1-2H3,(H,45,46)/b8-6-,14-12-,20-18-. The molecule has 0 aliphatic carbocycles. The first-order valence-corrected chi connectivity index (χ1v) is 21.0. The molecule has 0 aliphatic heterocycles. The Morgan fingerprint density at radius 2 is 0.896 bits per heavy atom. The summed E-state index contributed by atoms with van der Waals surface area (Å²) in [5.41, 5.74) is 0. The van der Waals surface area contributed by atoms with Gasteiger partial charge >= 0.3 is 11.9 Å². The van der Waals surface area contributed by atoms with Crippen LogP contribution in [0.5, 0.6) is 0 Å². The zero-order valence-electron chi connectivity index (χ0n) is 32.0. The Balaban J connectivity index is 3.62. The number of hydrogen-bond acceptors (Lipinski definition) is 3. The zero-order chi connectivity index (χ0) is 35.0. The van der Waals surface area contributed by atoms with E-state index in [1.54, 1.807) is 0 Å². The maximum atomic E-state index is 12.4. The highest BCUT2D eigenvalue weighted by Crippen LogP contribution is 2.17. The molecule has 4 heteroatoms. The number of unbranched alkanes of at least 4 members (excludes halogenated alkanes) is 25. The lowest BCUT2D eigenvalue weighted by molar-refractivity contribution is -0.153. The van der Waals surface area contributed by atoms with Crippen molar-refractivity contribution < 1.29 is 19.4 Å². The highest BCUT2D eigenvalue weighted by Gasteiger charge is 2.17. The van der Waals surface area contributed by atoms with E-state index in [4.69, 9.17) is 4.74 Å². The quantitative estimate of drug-likeness (QED) is 0.0403. The van der Waals surface area contributed by atoms with Gasteiger partial charge in [-0.1, -0.05) is 198 Å². The van der Waals surface area contributed by atoms with E-state index in [2.05, 4.69) is 50.3 Å². The van der Waals surface area contributed by atoms with Crippen molar-refractivity contribution >= 4 is 11.9 Å². The van der Waals surface area contributed by atoms with Crippen LogP contribution in [0.25, 0.3) is 0 Å². The molecule has 0 heterocycles. The molecule has 1 atom stereocenters. The van der Waals surface area contributed by atoms with Gasteiger partial charge in [-0.05, 0) is 51.4 Å². The van der Waals surface area contributed by atoms with E-state index in [1.807, 2.05) is 0 Å². The maximum absolute atomic E-state index is 12.4. The van der Waals surface area contributed by atoms with Crippen molar-refractivity contribution in [3.05, 3.63) is 36.5 Å². The molecule has 4 nitrogen and oxygen atoms in total. The lowest BCUT2D eigenvalue weighted by Gasteiger charge is -2.16. The molecule has 1 N–H and O–H groups in total. The first-order chi connectivity index (χ1) is 23.6. The van der Waals surface area contributed by atoms with Gasteiger partial charge in [0.05, 0.1) is 6.42 Å². The summed E-state index contributed by atoms with van der Waals surface area (Å²) in [6, 6.07) is 0. The summed E-state index contributed by atoms with van der Waals surface area (Å²) >= 11 is 0. The lowest BCUT2D eigenvalue weighted by atomic mass is 10.0. The number of carboxylic acid groups (broad SMARTS) is 1. The smallest absolute Gasteiger partial charge is 0.307 e. The summed E-state index contributed by atoms with van der Waals surface area (Å²) in [5.74, 6) is -1.11. The van der Waals surface area contributed by atoms with Gasteiger partial charge in [0.1, 0.15) is 6.10 Å². The fraction of sp³-hybridized carbons (Fsp3) is 0.818. The molecule has 0 aliphatic rings. The minimum absolute atomic E-state index is 0.0761. The average Bonchev–Trinajstić information content (AvgIpc) is 3.06. The van der Waals surface area contributed by atoms with Crippen molar-refractivity contribution in [1.82, 2.24) is 0 Å². The molecular weight excluding hydrogens is 592 g/mol. The maximum Gasteiger partial charge on any atom is 0.307 e. The zero-order valence-corrected chi connectivity index (χ0v) is 32.0. The molecule has 0 saturated heterocycles. The monoisotopic (exact) mass is 673 g/mol. The number of aliphatic carboxylic acids is 1. The number of carboxylic acids is 1. The number of carbonyl (C=O) groups excluding carboxylic acids is 1. The number of hydrogen-bond donors (Lipinski definition) is 1. The molecule has 0 aromatic rings. The van der Waals surface area contributed by atoms with Crippen LogP contribution in [0.3, 0.4) is 0 Å². The Hall–Kier alpha value is -1.84. The number of carbonyl (C=O) groups is 2. The Morgan fingerprint density at radius 3 is 1.35 bits per heavy atom. The number of ether oxygens (including phenoxy) is 1. The fourth-order valence-electron chi connectivity index (χ4n) is 6.33. The summed E-state index contributed by atoms with van der Waals surface area (Å²) in [4.78, 5) is 23.7. The summed E-state index contributed by atoms with van der Waals surface area (Å²) in [6.45, 7) is 4.44. The topological polar surface area (TPSA) is 63.6 Å². The molecule has 0 rings (SSSR count). The Morgan fingerprint density at radius 1 is 0.500 bits per heavy atom. The van der Waals surface area contributed by atoms with Crippen LogP contribution in [0.4, 0.5) is 0 Å². The summed E-state index contributed by atoms with van der Waals surface area (Å²) in [6.07, 6.45) is 51.8. The van der Waals surface area contributed by atoms with Crippen molar-refractivity contribution in [3.63, 3.8) is 0 Å². The number of rotatable bonds is 38. The minimum Gasteiger partial charge on any atom is -0.481 e. The van der Waals surface area contributed by atoms with Crippen LogP contribution >= 0.6 is 0 Å².